The van der Waals surface area contributed by atoms with Crippen LogP contribution < -0.4 is 16.2 Å². The minimum absolute atomic E-state index is 0.0984. The zero-order valence-electron chi connectivity index (χ0n) is 14.2. The molecule has 0 spiro atoms. The summed E-state index contributed by atoms with van der Waals surface area (Å²) in [5, 5.41) is -0.622. The van der Waals surface area contributed by atoms with Gasteiger partial charge >= 0.3 is 0 Å². The lowest BCUT2D eigenvalue weighted by Crippen LogP contribution is -2.33. The largest absolute Gasteiger partial charge is 0.399 e. The zero-order chi connectivity index (χ0) is 18.6. The number of carbonyl (C=O) groups is 1. The fraction of sp³-hybridized carbons (Fsp3) is 0.294. The normalized spacial score (nSPS) is 16.0. The number of hydrogen-bond donors (Lipinski definition) is 3. The van der Waals surface area contributed by atoms with Gasteiger partial charge in [-0.3, -0.25) is 9.52 Å². The number of nitrogens with zero attached hydrogens (tertiary/aromatic N) is 1. The van der Waals surface area contributed by atoms with Crippen molar-refractivity contribution in [2.24, 2.45) is 16.5 Å². The van der Waals surface area contributed by atoms with Crippen LogP contribution in [-0.4, -0.2) is 25.3 Å². The summed E-state index contributed by atoms with van der Waals surface area (Å²) < 4.78 is 26.6. The van der Waals surface area contributed by atoms with Crippen LogP contribution in [0.5, 0.6) is 0 Å². The number of allylic oxidation sites excluding steroid dienone is 2. The highest BCUT2D eigenvalue weighted by Crippen LogP contribution is 2.25. The molecule has 1 heterocycles. The van der Waals surface area contributed by atoms with Crippen molar-refractivity contribution in [1.82, 2.24) is 4.72 Å². The Bertz CT molecular complexity index is 853. The van der Waals surface area contributed by atoms with Crippen LogP contribution in [0.3, 0.4) is 0 Å². The van der Waals surface area contributed by atoms with Crippen molar-refractivity contribution in [3.8, 4) is 0 Å². The molecule has 0 fully saturated rings. The van der Waals surface area contributed by atoms with Gasteiger partial charge in [0.1, 0.15) is 0 Å². The molecule has 0 saturated carbocycles. The van der Waals surface area contributed by atoms with Crippen LogP contribution in [0.1, 0.15) is 32.3 Å². The smallest absolute Gasteiger partial charge is 0.242 e. The van der Waals surface area contributed by atoms with Gasteiger partial charge in [-0.15, -0.1) is 0 Å². The molecule has 7 nitrogen and oxygen atoms in total. The maximum absolute atomic E-state index is 12.1. The molecule has 0 atom stereocenters. The Morgan fingerprint density at radius 1 is 1.24 bits per heavy atom. The SMILES string of the molecule is CC(C)S(=O)(=O)NC1=C(N)CCC(/C(=C\C(N)=O)c2ccccc2)=N1. The average Bonchev–Trinajstić information content (AvgIpc) is 2.55. The maximum atomic E-state index is 12.1. The number of sulfonamides is 1. The summed E-state index contributed by atoms with van der Waals surface area (Å²) in [6.07, 6.45) is 2.20. The second kappa shape index (κ2) is 7.52. The van der Waals surface area contributed by atoms with Gasteiger partial charge in [0, 0.05) is 11.6 Å². The van der Waals surface area contributed by atoms with Gasteiger partial charge in [0.25, 0.3) is 0 Å². The van der Waals surface area contributed by atoms with Crippen LogP contribution in [0, 0.1) is 0 Å². The van der Waals surface area contributed by atoms with Crippen molar-refractivity contribution < 1.29 is 13.2 Å². The van der Waals surface area contributed by atoms with Crippen molar-refractivity contribution in [3.05, 3.63) is 53.5 Å². The van der Waals surface area contributed by atoms with Crippen LogP contribution in [0.4, 0.5) is 0 Å². The van der Waals surface area contributed by atoms with Crippen LogP contribution in [-0.2, 0) is 14.8 Å². The molecule has 0 aliphatic carbocycles. The molecule has 2 rings (SSSR count). The van der Waals surface area contributed by atoms with Gasteiger partial charge in [0.05, 0.1) is 16.7 Å². The molecule has 0 saturated heterocycles. The third kappa shape index (κ3) is 4.69. The quantitative estimate of drug-likeness (QED) is 0.658. The molecule has 0 radical (unpaired) electrons. The molecule has 8 heteroatoms. The van der Waals surface area contributed by atoms with E-state index < -0.39 is 21.2 Å². The van der Waals surface area contributed by atoms with Crippen LogP contribution >= 0.6 is 0 Å². The van der Waals surface area contributed by atoms with E-state index in [2.05, 4.69) is 9.71 Å². The molecule has 0 bridgehead atoms. The Morgan fingerprint density at radius 2 is 1.88 bits per heavy atom. The predicted octanol–water partition coefficient (Wildman–Crippen LogP) is 1.25. The van der Waals surface area contributed by atoms with Gasteiger partial charge in [-0.05, 0) is 32.3 Å². The summed E-state index contributed by atoms with van der Waals surface area (Å²) in [7, 11) is -3.57. The molecule has 25 heavy (non-hydrogen) atoms. The Morgan fingerprint density at radius 3 is 2.44 bits per heavy atom. The van der Waals surface area contributed by atoms with Gasteiger partial charge in [-0.2, -0.15) is 0 Å². The number of amides is 1. The molecule has 1 amide bonds. The Kier molecular flexibility index (Phi) is 5.63. The Hall–Kier alpha value is -2.61. The van der Waals surface area contributed by atoms with E-state index >= 15 is 0 Å². The first-order chi connectivity index (χ1) is 11.7. The fourth-order valence-electron chi connectivity index (χ4n) is 2.26. The van der Waals surface area contributed by atoms with Gasteiger partial charge < -0.3 is 11.5 Å². The third-order valence-electron chi connectivity index (χ3n) is 3.72. The summed E-state index contributed by atoms with van der Waals surface area (Å²) in [6, 6.07) is 9.18. The van der Waals surface area contributed by atoms with Crippen molar-refractivity contribution in [1.29, 1.82) is 0 Å². The molecule has 1 aliphatic rings. The Balaban J connectivity index is 2.46. The lowest BCUT2D eigenvalue weighted by atomic mass is 9.95. The van der Waals surface area contributed by atoms with E-state index in [4.69, 9.17) is 11.5 Å². The molecule has 1 aromatic rings. The second-order valence-electron chi connectivity index (χ2n) is 5.95. The molecule has 134 valence electrons. The summed E-state index contributed by atoms with van der Waals surface area (Å²) in [4.78, 5) is 15.8. The number of nitrogens with two attached hydrogens (primary N) is 2. The summed E-state index contributed by atoms with van der Waals surface area (Å²) in [5.41, 5.74) is 13.5. The highest BCUT2D eigenvalue weighted by molar-refractivity contribution is 7.90. The molecule has 1 aliphatic heterocycles. The van der Waals surface area contributed by atoms with Crippen molar-refractivity contribution >= 4 is 27.2 Å². The van der Waals surface area contributed by atoms with Crippen LogP contribution in [0.25, 0.3) is 5.57 Å². The number of nitrogens with one attached hydrogen (secondary N) is 1. The van der Waals surface area contributed by atoms with E-state index in [1.807, 2.05) is 30.3 Å². The lowest BCUT2D eigenvalue weighted by molar-refractivity contribution is -0.113. The second-order valence-corrected chi connectivity index (χ2v) is 8.19. The van der Waals surface area contributed by atoms with E-state index in [0.29, 0.717) is 29.8 Å². The van der Waals surface area contributed by atoms with Crippen molar-refractivity contribution in [2.75, 3.05) is 0 Å². The van der Waals surface area contributed by atoms with Crippen LogP contribution in [0.2, 0.25) is 0 Å². The molecule has 5 N–H and O–H groups in total. The minimum atomic E-state index is -3.57. The molecule has 0 unspecified atom stereocenters. The summed E-state index contributed by atoms with van der Waals surface area (Å²) in [5.74, 6) is -0.505. The highest BCUT2D eigenvalue weighted by Gasteiger charge is 2.23. The van der Waals surface area contributed by atoms with E-state index in [1.54, 1.807) is 13.8 Å². The monoisotopic (exact) mass is 362 g/mol. The Labute approximate surface area is 147 Å². The minimum Gasteiger partial charge on any atom is -0.399 e. The van der Waals surface area contributed by atoms with E-state index in [0.717, 1.165) is 5.56 Å². The van der Waals surface area contributed by atoms with E-state index in [-0.39, 0.29) is 5.82 Å². The maximum Gasteiger partial charge on any atom is 0.242 e. The number of primary amides is 1. The first-order valence-corrected chi connectivity index (χ1v) is 9.40. The number of hydrogen-bond acceptors (Lipinski definition) is 5. The number of rotatable bonds is 6. The fourth-order valence-corrected chi connectivity index (χ4v) is 2.95. The van der Waals surface area contributed by atoms with Gasteiger partial charge in [0.15, 0.2) is 5.82 Å². The standard InChI is InChI=1S/C17H22N4O3S/c1-11(2)25(23,24)21-17-14(18)8-9-15(20-17)13(10-16(19)22)12-6-4-3-5-7-12/h3-7,10-11,21H,8-9,18H2,1-2H3,(H2,19,22)/b13-10-. The van der Waals surface area contributed by atoms with Gasteiger partial charge in [-0.25, -0.2) is 13.4 Å². The molecule has 1 aromatic carbocycles. The van der Waals surface area contributed by atoms with Gasteiger partial charge in [-0.1, -0.05) is 30.3 Å². The van der Waals surface area contributed by atoms with E-state index in [9.17, 15) is 13.2 Å². The van der Waals surface area contributed by atoms with Gasteiger partial charge in [0.2, 0.25) is 15.9 Å². The zero-order valence-corrected chi connectivity index (χ0v) is 15.0. The van der Waals surface area contributed by atoms with Crippen LogP contribution in [0.15, 0.2) is 52.9 Å². The van der Waals surface area contributed by atoms with E-state index in [1.165, 1.54) is 6.08 Å². The first-order valence-electron chi connectivity index (χ1n) is 7.85. The topological polar surface area (TPSA) is 128 Å². The summed E-state index contributed by atoms with van der Waals surface area (Å²) >= 11 is 0. The average molecular weight is 362 g/mol. The molecular weight excluding hydrogens is 340 g/mol. The third-order valence-corrected chi connectivity index (χ3v) is 5.44. The number of carbonyl (C=O) groups excluding carboxylic acids is 1. The predicted molar refractivity (Wildman–Crippen MR) is 98.7 cm³/mol. The molecular formula is C17H22N4O3S. The number of aliphatic imine (C=N–C) groups is 1. The van der Waals surface area contributed by atoms with Crippen molar-refractivity contribution in [3.63, 3.8) is 0 Å². The summed E-state index contributed by atoms with van der Waals surface area (Å²) in [6.45, 7) is 3.13. The highest BCUT2D eigenvalue weighted by atomic mass is 32.2. The number of benzene rings is 1. The lowest BCUT2D eigenvalue weighted by Gasteiger charge is -2.20. The van der Waals surface area contributed by atoms with Crippen molar-refractivity contribution in [2.45, 2.75) is 31.9 Å². The molecule has 0 aromatic heterocycles. The first kappa shape index (κ1) is 18.7.